The molecule has 1 saturated carbocycles. The highest BCUT2D eigenvalue weighted by molar-refractivity contribution is 6.35. The van der Waals surface area contributed by atoms with Gasteiger partial charge in [0.1, 0.15) is 5.71 Å². The van der Waals surface area contributed by atoms with E-state index in [1.165, 1.54) is 0 Å². The van der Waals surface area contributed by atoms with E-state index in [1.54, 1.807) is 0 Å². The zero-order valence-electron chi connectivity index (χ0n) is 10.9. The first-order chi connectivity index (χ1) is 9.52. The molecule has 0 radical (unpaired) electrons. The van der Waals surface area contributed by atoms with Gasteiger partial charge in [0.25, 0.3) is 0 Å². The monoisotopic (exact) mass is 334 g/mol. The maximum absolute atomic E-state index is 13.8. The molecule has 0 unspecified atom stereocenters. The van der Waals surface area contributed by atoms with Crippen LogP contribution in [0.5, 0.6) is 0 Å². The van der Waals surface area contributed by atoms with Gasteiger partial charge in [0, 0.05) is 6.21 Å². The second-order valence-corrected chi connectivity index (χ2v) is 5.87. The lowest BCUT2D eigenvalue weighted by molar-refractivity contribution is -0.250. The summed E-state index contributed by atoms with van der Waals surface area (Å²) in [7, 11) is 0. The Morgan fingerprint density at radius 3 is 2.10 bits per heavy atom. The van der Waals surface area contributed by atoms with Crippen LogP contribution in [0.15, 0.2) is 9.98 Å². The Labute approximate surface area is 122 Å². The van der Waals surface area contributed by atoms with Crippen LogP contribution in [0, 0.1) is 0 Å². The fourth-order valence-electron chi connectivity index (χ4n) is 2.59. The van der Waals surface area contributed by atoms with Crippen LogP contribution in [-0.2, 0) is 0 Å². The van der Waals surface area contributed by atoms with Gasteiger partial charge in [-0.25, -0.2) is 0 Å². The zero-order chi connectivity index (χ0) is 15.9. The van der Waals surface area contributed by atoms with E-state index in [4.69, 9.17) is 0 Å². The first-order valence-electron chi connectivity index (χ1n) is 6.44. The van der Waals surface area contributed by atoms with E-state index < -0.39 is 28.5 Å². The molecule has 2 aliphatic rings. The lowest BCUT2D eigenvalue weighted by atomic mass is 9.81. The standard InChI is InChI=1S/C12H13ClF6N2/c13-12(18,19)11(16,17)10(14,15)8-6-20-7-9(21-8)4-2-1-3-5-9/h6H,1-5,7H2. The first kappa shape index (κ1) is 16.6. The molecule has 9 heteroatoms. The molecule has 1 aliphatic carbocycles. The topological polar surface area (TPSA) is 24.7 Å². The molecule has 120 valence electrons. The van der Waals surface area contributed by atoms with Crippen molar-refractivity contribution in [2.75, 3.05) is 6.54 Å². The Bertz CT molecular complexity index is 463. The number of hydrogen-bond acceptors (Lipinski definition) is 2. The second-order valence-electron chi connectivity index (χ2n) is 5.40. The molecule has 21 heavy (non-hydrogen) atoms. The van der Waals surface area contributed by atoms with Crippen molar-refractivity contribution in [2.24, 2.45) is 9.98 Å². The number of hydrogen-bond donors (Lipinski definition) is 0. The summed E-state index contributed by atoms with van der Waals surface area (Å²) < 4.78 is 79.4. The van der Waals surface area contributed by atoms with Gasteiger partial charge in [-0.2, -0.15) is 26.3 Å². The van der Waals surface area contributed by atoms with Gasteiger partial charge in [-0.1, -0.05) is 19.3 Å². The molecule has 1 heterocycles. The molecular formula is C12H13ClF6N2. The van der Waals surface area contributed by atoms with Crippen molar-refractivity contribution >= 4 is 23.5 Å². The maximum Gasteiger partial charge on any atom is 0.392 e. The van der Waals surface area contributed by atoms with Gasteiger partial charge < -0.3 is 0 Å². The predicted octanol–water partition coefficient (Wildman–Crippen LogP) is 4.32. The Hall–Kier alpha value is -0.790. The largest absolute Gasteiger partial charge is 0.392 e. The van der Waals surface area contributed by atoms with E-state index in [2.05, 4.69) is 21.6 Å². The molecule has 0 saturated heterocycles. The smallest absolute Gasteiger partial charge is 0.289 e. The Morgan fingerprint density at radius 1 is 1.00 bits per heavy atom. The zero-order valence-corrected chi connectivity index (χ0v) is 11.6. The molecule has 1 fully saturated rings. The van der Waals surface area contributed by atoms with Crippen LogP contribution in [0.1, 0.15) is 32.1 Å². The minimum atomic E-state index is -5.75. The van der Waals surface area contributed by atoms with Crippen molar-refractivity contribution in [3.63, 3.8) is 0 Å². The number of halogens is 7. The number of alkyl halides is 7. The van der Waals surface area contributed by atoms with E-state index in [0.29, 0.717) is 31.9 Å². The van der Waals surface area contributed by atoms with E-state index >= 15 is 0 Å². The van der Waals surface area contributed by atoms with E-state index in [-0.39, 0.29) is 6.54 Å². The van der Waals surface area contributed by atoms with Crippen LogP contribution in [-0.4, -0.2) is 41.2 Å². The first-order valence-corrected chi connectivity index (χ1v) is 6.82. The predicted molar refractivity (Wildman–Crippen MR) is 67.3 cm³/mol. The van der Waals surface area contributed by atoms with Crippen LogP contribution in [0.2, 0.25) is 0 Å². The van der Waals surface area contributed by atoms with Crippen molar-refractivity contribution in [3.8, 4) is 0 Å². The fraction of sp³-hybridized carbons (Fsp3) is 0.833. The Kier molecular flexibility index (Phi) is 4.06. The van der Waals surface area contributed by atoms with Crippen molar-refractivity contribution in [1.82, 2.24) is 0 Å². The lowest BCUT2D eigenvalue weighted by Gasteiger charge is -2.37. The Morgan fingerprint density at radius 2 is 1.57 bits per heavy atom. The average molecular weight is 335 g/mol. The quantitative estimate of drug-likeness (QED) is 0.542. The van der Waals surface area contributed by atoms with Crippen molar-refractivity contribution < 1.29 is 26.3 Å². The van der Waals surface area contributed by atoms with Crippen LogP contribution < -0.4 is 0 Å². The van der Waals surface area contributed by atoms with E-state index in [1.807, 2.05) is 0 Å². The van der Waals surface area contributed by atoms with Gasteiger partial charge in [-0.05, 0) is 24.4 Å². The molecule has 0 aromatic carbocycles. The molecule has 1 aliphatic heterocycles. The van der Waals surface area contributed by atoms with Crippen LogP contribution in [0.25, 0.3) is 0 Å². The minimum Gasteiger partial charge on any atom is -0.289 e. The molecule has 0 atom stereocenters. The molecule has 2 rings (SSSR count). The molecule has 0 bridgehead atoms. The summed E-state index contributed by atoms with van der Waals surface area (Å²) in [5, 5.41) is -5.38. The van der Waals surface area contributed by atoms with Crippen LogP contribution in [0.4, 0.5) is 26.3 Å². The number of rotatable bonds is 3. The average Bonchev–Trinajstić information content (AvgIpc) is 2.38. The lowest BCUT2D eigenvalue weighted by Crippen LogP contribution is -2.57. The Balaban J connectivity index is 2.37. The molecule has 0 amide bonds. The molecule has 0 aromatic rings. The summed E-state index contributed by atoms with van der Waals surface area (Å²) in [6.45, 7) is 0.107. The molecule has 0 aromatic heterocycles. The highest BCUT2D eigenvalue weighted by Gasteiger charge is 2.73. The van der Waals surface area contributed by atoms with Gasteiger partial charge in [0.15, 0.2) is 0 Å². The highest BCUT2D eigenvalue weighted by Crippen LogP contribution is 2.49. The number of aliphatic imine (C=N–C) groups is 2. The summed E-state index contributed by atoms with van der Waals surface area (Å²) in [5.74, 6) is -10.9. The third-order valence-electron chi connectivity index (χ3n) is 3.81. The molecule has 2 nitrogen and oxygen atoms in total. The normalized spacial score (nSPS) is 23.3. The van der Waals surface area contributed by atoms with Gasteiger partial charge in [-0.3, -0.25) is 9.98 Å². The molecule has 1 spiro atoms. The fourth-order valence-corrected chi connectivity index (χ4v) is 2.71. The summed E-state index contributed by atoms with van der Waals surface area (Å²) in [4.78, 5) is 7.31. The molecular weight excluding hydrogens is 322 g/mol. The summed E-state index contributed by atoms with van der Waals surface area (Å²) in [5.41, 5.74) is -2.41. The van der Waals surface area contributed by atoms with E-state index in [9.17, 15) is 26.3 Å². The maximum atomic E-state index is 13.8. The van der Waals surface area contributed by atoms with Crippen LogP contribution >= 0.6 is 11.6 Å². The van der Waals surface area contributed by atoms with Gasteiger partial charge >= 0.3 is 17.2 Å². The molecule has 0 N–H and O–H groups in total. The van der Waals surface area contributed by atoms with Gasteiger partial charge in [-0.15, -0.1) is 0 Å². The highest BCUT2D eigenvalue weighted by atomic mass is 35.5. The van der Waals surface area contributed by atoms with Crippen molar-refractivity contribution in [3.05, 3.63) is 0 Å². The summed E-state index contributed by atoms with van der Waals surface area (Å²) >= 11 is 4.14. The van der Waals surface area contributed by atoms with Gasteiger partial charge in [0.2, 0.25) is 0 Å². The summed E-state index contributed by atoms with van der Waals surface area (Å²) in [6.07, 6.45) is 3.60. The SMILES string of the molecule is FC(F)(Cl)C(F)(F)C(F)(F)C1=NC2(CCCCC2)CN=C1. The third-order valence-corrected chi connectivity index (χ3v) is 4.05. The van der Waals surface area contributed by atoms with Crippen LogP contribution in [0.3, 0.4) is 0 Å². The summed E-state index contributed by atoms with van der Waals surface area (Å²) in [6, 6.07) is 0. The van der Waals surface area contributed by atoms with Crippen molar-refractivity contribution in [1.29, 1.82) is 0 Å². The third kappa shape index (κ3) is 2.78. The van der Waals surface area contributed by atoms with Crippen molar-refractivity contribution in [2.45, 2.75) is 54.9 Å². The van der Waals surface area contributed by atoms with Gasteiger partial charge in [0.05, 0.1) is 12.1 Å². The second kappa shape index (κ2) is 5.14. The van der Waals surface area contributed by atoms with E-state index in [0.717, 1.165) is 6.42 Å². The number of nitrogens with zero attached hydrogens (tertiary/aromatic N) is 2. The minimum absolute atomic E-state index is 0.107.